The summed E-state index contributed by atoms with van der Waals surface area (Å²) in [5.74, 6) is -4.25. The fourth-order valence-electron chi connectivity index (χ4n) is 3.85. The van der Waals surface area contributed by atoms with Gasteiger partial charge in [-0.2, -0.15) is 0 Å². The van der Waals surface area contributed by atoms with Crippen molar-refractivity contribution in [1.82, 2.24) is 0 Å². The first-order chi connectivity index (χ1) is 13.9. The molecule has 154 valence electrons. The number of esters is 1. The molecular formula is C23H26O6. The summed E-state index contributed by atoms with van der Waals surface area (Å²) < 4.78 is 5.38. The van der Waals surface area contributed by atoms with Gasteiger partial charge in [-0.15, -0.1) is 0 Å². The number of hydrogen-bond donors (Lipinski definition) is 3. The van der Waals surface area contributed by atoms with E-state index in [9.17, 15) is 24.9 Å². The minimum Gasteiger partial charge on any atom is -0.481 e. The molecule has 2 aromatic rings. The van der Waals surface area contributed by atoms with Gasteiger partial charge in [0.2, 0.25) is 0 Å². The van der Waals surface area contributed by atoms with E-state index in [0.717, 1.165) is 22.3 Å². The summed E-state index contributed by atoms with van der Waals surface area (Å²) in [7, 11) is 0. The summed E-state index contributed by atoms with van der Waals surface area (Å²) in [5.41, 5.74) is 4.21. The summed E-state index contributed by atoms with van der Waals surface area (Å²) in [6.07, 6.45) is -1.32. The largest absolute Gasteiger partial charge is 0.481 e. The average Bonchev–Trinajstić information content (AvgIpc) is 3.04. The van der Waals surface area contributed by atoms with Crippen molar-refractivity contribution in [3.05, 3.63) is 59.7 Å². The van der Waals surface area contributed by atoms with E-state index in [1.807, 2.05) is 48.5 Å². The zero-order valence-electron chi connectivity index (χ0n) is 16.3. The van der Waals surface area contributed by atoms with E-state index < -0.39 is 30.1 Å². The quantitative estimate of drug-likeness (QED) is 0.443. The van der Waals surface area contributed by atoms with Gasteiger partial charge in [0.15, 0.2) is 5.92 Å². The van der Waals surface area contributed by atoms with Gasteiger partial charge in [-0.25, -0.2) is 0 Å². The number of hydrogen-bond acceptors (Lipinski definition) is 5. The van der Waals surface area contributed by atoms with Crippen LogP contribution in [0.1, 0.15) is 43.2 Å². The minimum atomic E-state index is -1.68. The molecule has 3 rings (SSSR count). The lowest BCUT2D eigenvalue weighted by Crippen LogP contribution is -2.37. The first-order valence-corrected chi connectivity index (χ1v) is 9.87. The number of fused-ring (bicyclic) bond motifs is 3. The number of ether oxygens (including phenoxy) is 1. The van der Waals surface area contributed by atoms with Crippen molar-refractivity contribution >= 4 is 11.9 Å². The molecule has 6 heteroatoms. The number of benzene rings is 2. The molecule has 1 aliphatic rings. The molecule has 3 unspecified atom stereocenters. The molecule has 0 heterocycles. The third-order valence-corrected chi connectivity index (χ3v) is 5.53. The van der Waals surface area contributed by atoms with E-state index >= 15 is 0 Å². The molecule has 0 amide bonds. The highest BCUT2D eigenvalue weighted by Gasteiger charge is 2.37. The van der Waals surface area contributed by atoms with Crippen LogP contribution in [0.3, 0.4) is 0 Å². The molecule has 29 heavy (non-hydrogen) atoms. The number of aliphatic hydroxyl groups excluding tert-OH is 2. The highest BCUT2D eigenvalue weighted by molar-refractivity contribution is 5.94. The van der Waals surface area contributed by atoms with Gasteiger partial charge in [-0.05, 0) is 41.5 Å². The van der Waals surface area contributed by atoms with Gasteiger partial charge in [0.25, 0.3) is 0 Å². The molecule has 0 saturated heterocycles. The van der Waals surface area contributed by atoms with Crippen molar-refractivity contribution in [3.63, 3.8) is 0 Å². The maximum absolute atomic E-state index is 12.5. The zero-order chi connectivity index (χ0) is 21.0. The zero-order valence-corrected chi connectivity index (χ0v) is 16.3. The van der Waals surface area contributed by atoms with E-state index in [-0.39, 0.29) is 25.4 Å². The summed E-state index contributed by atoms with van der Waals surface area (Å²) in [6, 6.07) is 15.7. The Hall–Kier alpha value is -2.70. The Bertz CT molecular complexity index is 832. The molecule has 0 saturated carbocycles. The lowest BCUT2D eigenvalue weighted by molar-refractivity contribution is -0.164. The molecule has 6 nitrogen and oxygen atoms in total. The lowest BCUT2D eigenvalue weighted by Gasteiger charge is -2.20. The van der Waals surface area contributed by atoms with Crippen molar-refractivity contribution in [1.29, 1.82) is 0 Å². The third kappa shape index (κ3) is 4.49. The van der Waals surface area contributed by atoms with E-state index in [0.29, 0.717) is 6.42 Å². The Balaban J connectivity index is 1.71. The van der Waals surface area contributed by atoms with Crippen LogP contribution in [-0.4, -0.2) is 46.1 Å². The second-order valence-corrected chi connectivity index (χ2v) is 7.38. The Kier molecular flexibility index (Phi) is 6.67. The van der Waals surface area contributed by atoms with Crippen LogP contribution in [0.2, 0.25) is 0 Å². The van der Waals surface area contributed by atoms with Crippen molar-refractivity contribution in [2.45, 2.75) is 44.3 Å². The van der Waals surface area contributed by atoms with Gasteiger partial charge in [-0.3, -0.25) is 9.59 Å². The first-order valence-electron chi connectivity index (χ1n) is 9.87. The van der Waals surface area contributed by atoms with E-state index in [1.54, 1.807) is 6.92 Å². The number of aliphatic hydroxyl groups is 2. The number of carboxylic acid groups (broad SMARTS) is 1. The van der Waals surface area contributed by atoms with Crippen LogP contribution in [0, 0.1) is 5.92 Å². The maximum Gasteiger partial charge on any atom is 0.323 e. The van der Waals surface area contributed by atoms with E-state index in [4.69, 9.17) is 4.74 Å². The van der Waals surface area contributed by atoms with Crippen LogP contribution in [0.25, 0.3) is 11.1 Å². The molecule has 3 N–H and O–H groups in total. The van der Waals surface area contributed by atoms with Crippen molar-refractivity contribution < 1.29 is 29.6 Å². The van der Waals surface area contributed by atoms with Crippen LogP contribution in [0.15, 0.2) is 48.5 Å². The second kappa shape index (κ2) is 9.20. The second-order valence-electron chi connectivity index (χ2n) is 7.38. The van der Waals surface area contributed by atoms with Gasteiger partial charge < -0.3 is 20.1 Å². The van der Waals surface area contributed by atoms with Crippen molar-refractivity contribution in [2.24, 2.45) is 5.92 Å². The Morgan fingerprint density at radius 1 is 0.966 bits per heavy atom. The predicted molar refractivity (Wildman–Crippen MR) is 107 cm³/mol. The molecule has 0 aromatic heterocycles. The highest BCUT2D eigenvalue weighted by atomic mass is 16.5. The number of rotatable bonds is 9. The number of carbonyl (C=O) groups excluding carboxylic acids is 1. The van der Waals surface area contributed by atoms with Gasteiger partial charge in [0, 0.05) is 5.92 Å². The molecule has 0 radical (unpaired) electrons. The van der Waals surface area contributed by atoms with Gasteiger partial charge in [0.1, 0.15) is 6.61 Å². The van der Waals surface area contributed by atoms with E-state index in [1.165, 1.54) is 0 Å². The van der Waals surface area contributed by atoms with Crippen LogP contribution in [0.5, 0.6) is 0 Å². The third-order valence-electron chi connectivity index (χ3n) is 5.53. The molecule has 0 bridgehead atoms. The van der Waals surface area contributed by atoms with Crippen LogP contribution in [0.4, 0.5) is 0 Å². The molecule has 0 fully saturated rings. The fraction of sp³-hybridized carbons (Fsp3) is 0.391. The standard InChI is InChI=1S/C23H26O6/c1-2-14(24)11-12-20(25)21(22(26)27)23(28)29-13-19-17-9-5-3-7-15(17)16-8-4-6-10-18(16)19/h3-10,14,19-21,24-25H,2,11-13H2,1H3,(H,26,27). The predicted octanol–water partition coefficient (Wildman–Crippen LogP) is 2.95. The van der Waals surface area contributed by atoms with Gasteiger partial charge in [0.05, 0.1) is 12.2 Å². The first kappa shape index (κ1) is 21.0. The maximum atomic E-state index is 12.5. The van der Waals surface area contributed by atoms with Crippen LogP contribution in [-0.2, 0) is 14.3 Å². The molecular weight excluding hydrogens is 372 g/mol. The van der Waals surface area contributed by atoms with Crippen molar-refractivity contribution in [3.8, 4) is 11.1 Å². The fourth-order valence-corrected chi connectivity index (χ4v) is 3.85. The lowest BCUT2D eigenvalue weighted by atomic mass is 9.96. The normalized spacial score (nSPS) is 15.8. The summed E-state index contributed by atoms with van der Waals surface area (Å²) in [5, 5.41) is 29.3. The summed E-state index contributed by atoms with van der Waals surface area (Å²) in [4.78, 5) is 24.1. The Labute approximate surface area is 169 Å². The van der Waals surface area contributed by atoms with Crippen LogP contribution < -0.4 is 0 Å². The molecule has 2 aromatic carbocycles. The summed E-state index contributed by atoms with van der Waals surface area (Å²) >= 11 is 0. The Morgan fingerprint density at radius 2 is 1.52 bits per heavy atom. The molecule has 3 atom stereocenters. The topological polar surface area (TPSA) is 104 Å². The number of carboxylic acids is 1. The number of aliphatic carboxylic acids is 1. The number of carbonyl (C=O) groups is 2. The van der Waals surface area contributed by atoms with Crippen LogP contribution >= 0.6 is 0 Å². The minimum absolute atomic E-state index is 0.000937. The molecule has 1 aliphatic carbocycles. The van der Waals surface area contributed by atoms with Gasteiger partial charge in [-0.1, -0.05) is 55.5 Å². The monoisotopic (exact) mass is 398 g/mol. The SMILES string of the molecule is CCC(O)CCC(O)C(C(=O)O)C(=O)OCC1c2ccccc2-c2ccccc21. The highest BCUT2D eigenvalue weighted by Crippen LogP contribution is 2.44. The van der Waals surface area contributed by atoms with Crippen molar-refractivity contribution in [2.75, 3.05) is 6.61 Å². The average molecular weight is 398 g/mol. The van der Waals surface area contributed by atoms with E-state index in [2.05, 4.69) is 0 Å². The molecule has 0 spiro atoms. The summed E-state index contributed by atoms with van der Waals surface area (Å²) in [6.45, 7) is 1.79. The Morgan fingerprint density at radius 3 is 2.03 bits per heavy atom. The smallest absolute Gasteiger partial charge is 0.323 e. The van der Waals surface area contributed by atoms with Gasteiger partial charge >= 0.3 is 11.9 Å². The molecule has 0 aliphatic heterocycles.